The van der Waals surface area contributed by atoms with Crippen LogP contribution in [0.3, 0.4) is 0 Å². The van der Waals surface area contributed by atoms with Crippen molar-refractivity contribution in [1.82, 2.24) is 5.01 Å². The van der Waals surface area contributed by atoms with E-state index < -0.39 is 24.2 Å². The number of carbonyl (C=O) groups excluding carboxylic acids is 1. The molecule has 1 heterocycles. The molecule has 1 aromatic carbocycles. The van der Waals surface area contributed by atoms with E-state index in [-0.39, 0.29) is 22.2 Å². The van der Waals surface area contributed by atoms with Gasteiger partial charge < -0.3 is 10.8 Å². The number of hydrogen-bond acceptors (Lipinski definition) is 4. The molecule has 1 saturated carbocycles. The zero-order valence-electron chi connectivity index (χ0n) is 13.6. The van der Waals surface area contributed by atoms with Crippen LogP contribution in [0.1, 0.15) is 48.9 Å². The number of nitrogens with two attached hydrogens (primary N) is 1. The maximum atomic E-state index is 13.5. The third kappa shape index (κ3) is 3.22. The van der Waals surface area contributed by atoms with E-state index in [2.05, 4.69) is 5.10 Å². The second kappa shape index (κ2) is 6.33. The molecule has 3 rings (SSSR count). The molecule has 1 aliphatic carbocycles. The van der Waals surface area contributed by atoms with Gasteiger partial charge >= 0.3 is 6.18 Å². The van der Waals surface area contributed by atoms with Gasteiger partial charge in [0, 0.05) is 23.4 Å². The van der Waals surface area contributed by atoms with Gasteiger partial charge in [-0.1, -0.05) is 19.3 Å². The molecule has 1 amide bonds. The zero-order chi connectivity index (χ0) is 18.2. The van der Waals surface area contributed by atoms with Crippen LogP contribution in [0, 0.1) is 5.92 Å². The third-order valence-electron chi connectivity index (χ3n) is 4.89. The Hall–Kier alpha value is -2.09. The predicted molar refractivity (Wildman–Crippen MR) is 86.7 cm³/mol. The van der Waals surface area contributed by atoms with Crippen LogP contribution in [0.5, 0.6) is 0 Å². The molecular formula is C17H20F3N3O2. The van der Waals surface area contributed by atoms with Crippen LogP contribution in [0.15, 0.2) is 29.4 Å². The highest BCUT2D eigenvalue weighted by molar-refractivity contribution is 5.99. The SMILES string of the molecule is Nc1ccc(C(=O)N2N=C(C3CCCCC3)C[C@@]2(O)C(F)(F)F)cc1. The van der Waals surface area contributed by atoms with Crippen molar-refractivity contribution < 1.29 is 23.1 Å². The minimum atomic E-state index is -5.00. The third-order valence-corrected chi connectivity index (χ3v) is 4.89. The van der Waals surface area contributed by atoms with Crippen molar-refractivity contribution >= 4 is 17.3 Å². The van der Waals surface area contributed by atoms with Gasteiger partial charge in [0.25, 0.3) is 11.6 Å². The first-order valence-electron chi connectivity index (χ1n) is 8.29. The van der Waals surface area contributed by atoms with Gasteiger partial charge in [0.15, 0.2) is 0 Å². The number of anilines is 1. The summed E-state index contributed by atoms with van der Waals surface area (Å²) in [6, 6.07) is 5.48. The molecule has 2 aliphatic rings. The minimum Gasteiger partial charge on any atom is -0.399 e. The Morgan fingerprint density at radius 3 is 2.36 bits per heavy atom. The van der Waals surface area contributed by atoms with Gasteiger partial charge in [-0.05, 0) is 43.0 Å². The number of nitrogen functional groups attached to an aromatic ring is 1. The fourth-order valence-electron chi connectivity index (χ4n) is 3.42. The number of nitrogens with zero attached hydrogens (tertiary/aromatic N) is 2. The Bertz CT molecular complexity index is 681. The lowest BCUT2D eigenvalue weighted by molar-refractivity contribution is -0.297. The van der Waals surface area contributed by atoms with Crippen molar-refractivity contribution in [2.45, 2.75) is 50.4 Å². The summed E-state index contributed by atoms with van der Waals surface area (Å²) < 4.78 is 40.6. The summed E-state index contributed by atoms with van der Waals surface area (Å²) in [6.45, 7) is 0. The topological polar surface area (TPSA) is 78.9 Å². The van der Waals surface area contributed by atoms with Gasteiger partial charge in [-0.2, -0.15) is 23.3 Å². The van der Waals surface area contributed by atoms with Crippen LogP contribution < -0.4 is 5.73 Å². The Kier molecular flexibility index (Phi) is 4.49. The molecule has 0 radical (unpaired) electrons. The lowest BCUT2D eigenvalue weighted by Crippen LogP contribution is -2.56. The number of amides is 1. The average molecular weight is 355 g/mol. The Labute approximate surface area is 143 Å². The number of rotatable bonds is 2. The zero-order valence-corrected chi connectivity index (χ0v) is 13.6. The van der Waals surface area contributed by atoms with Crippen molar-refractivity contribution in [1.29, 1.82) is 0 Å². The highest BCUT2D eigenvalue weighted by Crippen LogP contribution is 2.43. The van der Waals surface area contributed by atoms with Gasteiger partial charge in [0.05, 0.1) is 0 Å². The molecular weight excluding hydrogens is 335 g/mol. The highest BCUT2D eigenvalue weighted by atomic mass is 19.4. The number of carbonyl (C=O) groups is 1. The summed E-state index contributed by atoms with van der Waals surface area (Å²) in [5.41, 5.74) is 2.86. The highest BCUT2D eigenvalue weighted by Gasteiger charge is 2.63. The predicted octanol–water partition coefficient (Wildman–Crippen LogP) is 3.30. The number of aliphatic hydroxyl groups is 1. The number of hydrazone groups is 1. The van der Waals surface area contributed by atoms with Crippen LogP contribution >= 0.6 is 0 Å². The Balaban J connectivity index is 1.94. The normalized spacial score (nSPS) is 25.1. The second-order valence-corrected chi connectivity index (χ2v) is 6.66. The van der Waals surface area contributed by atoms with E-state index in [0.717, 1.165) is 32.1 Å². The van der Waals surface area contributed by atoms with Gasteiger partial charge in [0.1, 0.15) is 0 Å². The number of benzene rings is 1. The molecule has 5 nitrogen and oxygen atoms in total. The maximum absolute atomic E-state index is 13.5. The van der Waals surface area contributed by atoms with Crippen LogP contribution in [0.2, 0.25) is 0 Å². The van der Waals surface area contributed by atoms with Crippen LogP contribution in [0.25, 0.3) is 0 Å². The second-order valence-electron chi connectivity index (χ2n) is 6.66. The number of halogens is 3. The quantitative estimate of drug-likeness (QED) is 0.799. The van der Waals surface area contributed by atoms with Crippen molar-refractivity contribution in [2.75, 3.05) is 5.73 Å². The molecule has 0 aromatic heterocycles. The molecule has 0 bridgehead atoms. The average Bonchev–Trinajstić information content (AvgIpc) is 2.95. The first-order valence-corrected chi connectivity index (χ1v) is 8.29. The monoisotopic (exact) mass is 355 g/mol. The van der Waals surface area contributed by atoms with Crippen molar-refractivity contribution in [2.24, 2.45) is 11.0 Å². The summed E-state index contributed by atoms with van der Waals surface area (Å²) in [7, 11) is 0. The molecule has 0 saturated heterocycles. The fourth-order valence-corrected chi connectivity index (χ4v) is 3.42. The first kappa shape index (κ1) is 17.7. The molecule has 1 fully saturated rings. The van der Waals surface area contributed by atoms with Crippen LogP contribution in [0.4, 0.5) is 18.9 Å². The van der Waals surface area contributed by atoms with E-state index in [4.69, 9.17) is 5.73 Å². The largest absolute Gasteiger partial charge is 0.438 e. The van der Waals surface area contributed by atoms with Crippen molar-refractivity contribution in [3.05, 3.63) is 29.8 Å². The first-order chi connectivity index (χ1) is 11.7. The summed E-state index contributed by atoms with van der Waals surface area (Å²) in [5, 5.41) is 14.4. The van der Waals surface area contributed by atoms with E-state index in [9.17, 15) is 23.1 Å². The van der Waals surface area contributed by atoms with Crippen LogP contribution in [-0.2, 0) is 0 Å². The van der Waals surface area contributed by atoms with E-state index in [1.807, 2.05) is 0 Å². The standard InChI is InChI=1S/C17H20F3N3O2/c18-17(19,20)16(25)10-14(11-4-2-1-3-5-11)22-23(16)15(24)12-6-8-13(21)9-7-12/h6-9,11,25H,1-5,10,21H2/t16-/m1/s1. The van der Waals surface area contributed by atoms with Gasteiger partial charge in [-0.25, -0.2) is 0 Å². The van der Waals surface area contributed by atoms with E-state index in [0.29, 0.717) is 5.69 Å². The number of alkyl halides is 3. The fraction of sp³-hybridized carbons (Fsp3) is 0.529. The molecule has 1 aromatic rings. The molecule has 3 N–H and O–H groups in total. The smallest absolute Gasteiger partial charge is 0.399 e. The lowest BCUT2D eigenvalue weighted by Gasteiger charge is -2.32. The lowest BCUT2D eigenvalue weighted by atomic mass is 9.83. The van der Waals surface area contributed by atoms with E-state index in [1.54, 1.807) is 0 Å². The van der Waals surface area contributed by atoms with Crippen molar-refractivity contribution in [3.63, 3.8) is 0 Å². The van der Waals surface area contributed by atoms with Gasteiger partial charge in [0.2, 0.25) is 0 Å². The minimum absolute atomic E-state index is 0.00878. The molecule has 8 heteroatoms. The van der Waals surface area contributed by atoms with Crippen molar-refractivity contribution in [3.8, 4) is 0 Å². The molecule has 0 spiro atoms. The summed E-state index contributed by atoms with van der Waals surface area (Å²) >= 11 is 0. The molecule has 1 atom stereocenters. The summed E-state index contributed by atoms with van der Waals surface area (Å²) in [4.78, 5) is 12.6. The van der Waals surface area contributed by atoms with Gasteiger partial charge in [-0.15, -0.1) is 0 Å². The number of hydrogen-bond donors (Lipinski definition) is 2. The van der Waals surface area contributed by atoms with E-state index >= 15 is 0 Å². The Morgan fingerprint density at radius 1 is 1.20 bits per heavy atom. The van der Waals surface area contributed by atoms with Crippen LogP contribution in [-0.4, -0.2) is 33.6 Å². The summed E-state index contributed by atoms with van der Waals surface area (Å²) in [5.74, 6) is -1.11. The molecule has 136 valence electrons. The summed E-state index contributed by atoms with van der Waals surface area (Å²) in [6.07, 6.45) is -1.35. The molecule has 0 unspecified atom stereocenters. The van der Waals surface area contributed by atoms with E-state index in [1.165, 1.54) is 24.3 Å². The molecule has 25 heavy (non-hydrogen) atoms. The maximum Gasteiger partial charge on any atom is 0.438 e. The molecule has 1 aliphatic heterocycles. The van der Waals surface area contributed by atoms with Gasteiger partial charge in [-0.3, -0.25) is 4.79 Å². The Morgan fingerprint density at radius 2 is 1.80 bits per heavy atom.